The molecule has 3 aliphatic rings. The smallest absolute Gasteiger partial charge is 0.330 e. The van der Waals surface area contributed by atoms with E-state index in [9.17, 15) is 24.0 Å². The molecule has 4 rings (SSSR count). The maximum absolute atomic E-state index is 13.0. The topological polar surface area (TPSA) is 122 Å². The number of hydrogen-bond acceptors (Lipinski definition) is 6. The van der Waals surface area contributed by atoms with Crippen molar-refractivity contribution in [2.45, 2.75) is 26.3 Å². The average molecular weight is 474 g/mol. The molecule has 2 fully saturated rings. The number of hydrazine groups is 1. The fourth-order valence-electron chi connectivity index (χ4n) is 4.93. The van der Waals surface area contributed by atoms with Crippen LogP contribution in [-0.4, -0.2) is 47.1 Å². The number of halogens is 1. The van der Waals surface area contributed by atoms with Crippen molar-refractivity contribution in [1.82, 2.24) is 15.8 Å². The van der Waals surface area contributed by atoms with Crippen LogP contribution in [0.25, 0.3) is 0 Å². The Bertz CT molecular complexity index is 1010. The van der Waals surface area contributed by atoms with Gasteiger partial charge in [-0.15, -0.1) is 0 Å². The normalized spacial score (nSPS) is 25.9. The number of nitrogens with one attached hydrogen (secondary N) is 2. The van der Waals surface area contributed by atoms with Crippen LogP contribution in [0, 0.1) is 29.6 Å². The monoisotopic (exact) mass is 473 g/mol. The molecule has 1 saturated heterocycles. The average Bonchev–Trinajstić information content (AvgIpc) is 3.46. The summed E-state index contributed by atoms with van der Waals surface area (Å²) in [4.78, 5) is 64.0. The molecule has 1 aliphatic heterocycles. The number of amides is 4. The van der Waals surface area contributed by atoms with Gasteiger partial charge in [-0.3, -0.25) is 34.9 Å². The van der Waals surface area contributed by atoms with Crippen molar-refractivity contribution < 1.29 is 28.7 Å². The molecule has 0 spiro atoms. The number of likely N-dealkylation sites (tertiary alicyclic amines) is 1. The van der Waals surface area contributed by atoms with Gasteiger partial charge >= 0.3 is 5.97 Å². The van der Waals surface area contributed by atoms with Gasteiger partial charge in [0.15, 0.2) is 6.61 Å². The van der Waals surface area contributed by atoms with Crippen LogP contribution in [0.3, 0.4) is 0 Å². The van der Waals surface area contributed by atoms with Gasteiger partial charge in [0.2, 0.25) is 11.8 Å². The molecular weight excluding hydrogens is 450 g/mol. The van der Waals surface area contributed by atoms with E-state index in [0.717, 1.165) is 11.3 Å². The highest BCUT2D eigenvalue weighted by molar-refractivity contribution is 6.30. The number of nitrogens with zero attached hydrogens (tertiary/aromatic N) is 1. The van der Waals surface area contributed by atoms with Crippen LogP contribution >= 0.6 is 11.6 Å². The van der Waals surface area contributed by atoms with Crippen LogP contribution < -0.4 is 10.9 Å². The number of hydrogen-bond donors (Lipinski definition) is 2. The summed E-state index contributed by atoms with van der Waals surface area (Å²) in [5.74, 6) is -4.08. The molecular formula is C23H24ClN3O6. The van der Waals surface area contributed by atoms with E-state index in [0.29, 0.717) is 5.02 Å². The number of allylic oxidation sites excluding steroid dienone is 2. The molecule has 0 unspecified atom stereocenters. The first-order chi connectivity index (χ1) is 15.7. The van der Waals surface area contributed by atoms with E-state index in [4.69, 9.17) is 16.3 Å². The SMILES string of the molecule is CC(C)[C@H](C(=O)OCC(=O)NNC(=O)c1ccc(Cl)cc1)N1C(=O)[C@H]2[C@H](C1=O)[C@H]1C=C[C@H]2C1. The number of carbonyl (C=O) groups is 5. The van der Waals surface area contributed by atoms with Gasteiger partial charge in [0.1, 0.15) is 6.04 Å². The largest absolute Gasteiger partial charge is 0.454 e. The van der Waals surface area contributed by atoms with Gasteiger partial charge in [0.25, 0.3) is 11.8 Å². The molecule has 9 nitrogen and oxygen atoms in total. The predicted molar refractivity (Wildman–Crippen MR) is 116 cm³/mol. The van der Waals surface area contributed by atoms with Crippen molar-refractivity contribution in [2.75, 3.05) is 6.61 Å². The van der Waals surface area contributed by atoms with Crippen LogP contribution in [0.5, 0.6) is 0 Å². The van der Waals surface area contributed by atoms with Gasteiger partial charge in [0.05, 0.1) is 11.8 Å². The minimum atomic E-state index is -1.12. The van der Waals surface area contributed by atoms with E-state index in [1.54, 1.807) is 13.8 Å². The molecule has 0 aromatic heterocycles. The summed E-state index contributed by atoms with van der Waals surface area (Å²) in [6, 6.07) is 4.91. The van der Waals surface area contributed by atoms with Crippen LogP contribution in [-0.2, 0) is 23.9 Å². The minimum absolute atomic E-state index is 0.0281. The molecule has 1 heterocycles. The Balaban J connectivity index is 1.33. The third kappa shape index (κ3) is 4.25. The van der Waals surface area contributed by atoms with Crippen molar-refractivity contribution in [2.24, 2.45) is 29.6 Å². The number of rotatable bonds is 6. The molecule has 174 valence electrons. The van der Waals surface area contributed by atoms with Gasteiger partial charge in [-0.2, -0.15) is 0 Å². The van der Waals surface area contributed by atoms with Crippen molar-refractivity contribution >= 4 is 41.2 Å². The van der Waals surface area contributed by atoms with E-state index in [2.05, 4.69) is 10.9 Å². The maximum Gasteiger partial charge on any atom is 0.330 e. The number of imide groups is 1. The Morgan fingerprint density at radius 1 is 1.03 bits per heavy atom. The Morgan fingerprint density at radius 3 is 2.15 bits per heavy atom. The zero-order chi connectivity index (χ0) is 23.9. The fourth-order valence-corrected chi connectivity index (χ4v) is 5.06. The standard InChI is InChI=1S/C23H24ClN3O6/c1-11(2)19(27-21(30)17-13-3-4-14(9-13)18(17)22(27)31)23(32)33-10-16(28)25-26-20(29)12-5-7-15(24)8-6-12/h3-8,11,13-14,17-19H,9-10H2,1-2H3,(H,25,28)(H,26,29)/t13-,14-,17+,18+,19+/m0/s1. The summed E-state index contributed by atoms with van der Waals surface area (Å²) in [5, 5.41) is 0.463. The van der Waals surface area contributed by atoms with Crippen molar-refractivity contribution in [3.05, 3.63) is 47.0 Å². The van der Waals surface area contributed by atoms with Gasteiger partial charge in [-0.05, 0) is 48.4 Å². The summed E-state index contributed by atoms with van der Waals surface area (Å²) in [5.41, 5.74) is 4.64. The molecule has 5 atom stereocenters. The first kappa shape index (κ1) is 23.0. The first-order valence-corrected chi connectivity index (χ1v) is 11.1. The highest BCUT2D eigenvalue weighted by Crippen LogP contribution is 2.53. The number of benzene rings is 1. The summed E-state index contributed by atoms with van der Waals surface area (Å²) < 4.78 is 5.10. The second-order valence-corrected chi connectivity index (χ2v) is 9.29. The molecule has 1 aromatic carbocycles. The number of ether oxygens (including phenoxy) is 1. The van der Waals surface area contributed by atoms with Crippen molar-refractivity contribution in [1.29, 1.82) is 0 Å². The third-order valence-corrected chi connectivity index (χ3v) is 6.67. The van der Waals surface area contributed by atoms with Crippen molar-refractivity contribution in [3.63, 3.8) is 0 Å². The zero-order valence-corrected chi connectivity index (χ0v) is 18.9. The van der Waals surface area contributed by atoms with E-state index in [1.165, 1.54) is 24.3 Å². The Labute approximate surface area is 195 Å². The summed E-state index contributed by atoms with van der Waals surface area (Å²) in [6.45, 7) is 2.73. The highest BCUT2D eigenvalue weighted by Gasteiger charge is 2.61. The van der Waals surface area contributed by atoms with E-state index >= 15 is 0 Å². The van der Waals surface area contributed by atoms with Crippen molar-refractivity contribution in [3.8, 4) is 0 Å². The van der Waals surface area contributed by atoms with Gasteiger partial charge in [0, 0.05) is 10.6 Å². The number of carbonyl (C=O) groups excluding carboxylic acids is 5. The molecule has 33 heavy (non-hydrogen) atoms. The van der Waals surface area contributed by atoms with E-state index in [-0.39, 0.29) is 29.2 Å². The van der Waals surface area contributed by atoms with Crippen LogP contribution in [0.2, 0.25) is 5.02 Å². The molecule has 1 saturated carbocycles. The quantitative estimate of drug-likeness (QED) is 0.279. The molecule has 0 radical (unpaired) electrons. The maximum atomic E-state index is 13.0. The molecule has 4 amide bonds. The van der Waals surface area contributed by atoms with Gasteiger partial charge < -0.3 is 4.74 Å². The van der Waals surface area contributed by atoms with E-state index < -0.39 is 48.2 Å². The number of esters is 1. The lowest BCUT2D eigenvalue weighted by Crippen LogP contribution is -2.50. The molecule has 2 N–H and O–H groups in total. The molecule has 1 aromatic rings. The second kappa shape index (κ2) is 8.97. The first-order valence-electron chi connectivity index (χ1n) is 10.8. The summed E-state index contributed by atoms with van der Waals surface area (Å²) in [6.07, 6.45) is 4.75. The Kier molecular flexibility index (Phi) is 6.25. The predicted octanol–water partition coefficient (Wildman–Crippen LogP) is 1.48. The van der Waals surface area contributed by atoms with Crippen LogP contribution in [0.4, 0.5) is 0 Å². The summed E-state index contributed by atoms with van der Waals surface area (Å²) >= 11 is 5.77. The lowest BCUT2D eigenvalue weighted by atomic mass is 9.85. The zero-order valence-electron chi connectivity index (χ0n) is 18.1. The molecule has 2 aliphatic carbocycles. The van der Waals surface area contributed by atoms with Crippen LogP contribution in [0.15, 0.2) is 36.4 Å². The minimum Gasteiger partial charge on any atom is -0.454 e. The Morgan fingerprint density at radius 2 is 1.61 bits per heavy atom. The van der Waals surface area contributed by atoms with Gasteiger partial charge in [-0.25, -0.2) is 4.79 Å². The number of fused-ring (bicyclic) bond motifs is 5. The second-order valence-electron chi connectivity index (χ2n) is 8.85. The molecule has 10 heteroatoms. The highest BCUT2D eigenvalue weighted by atomic mass is 35.5. The van der Waals surface area contributed by atoms with E-state index in [1.807, 2.05) is 12.2 Å². The lowest BCUT2D eigenvalue weighted by Gasteiger charge is -2.28. The molecule has 2 bridgehead atoms. The summed E-state index contributed by atoms with van der Waals surface area (Å²) in [7, 11) is 0. The lowest BCUT2D eigenvalue weighted by molar-refractivity contribution is -0.162. The van der Waals surface area contributed by atoms with Gasteiger partial charge in [-0.1, -0.05) is 37.6 Å². The third-order valence-electron chi connectivity index (χ3n) is 6.42. The van der Waals surface area contributed by atoms with Crippen LogP contribution in [0.1, 0.15) is 30.6 Å². The fraction of sp³-hybridized carbons (Fsp3) is 0.435. The Hall–Kier alpha value is -3.20.